The van der Waals surface area contributed by atoms with E-state index < -0.39 is 11.4 Å². The normalized spacial score (nSPS) is 26.2. The molecule has 5 nitrogen and oxygen atoms in total. The number of esters is 1. The number of aliphatic hydroxyl groups is 1. The maximum absolute atomic E-state index is 14.1. The number of amides is 1. The van der Waals surface area contributed by atoms with Crippen LogP contribution < -0.4 is 0 Å². The Morgan fingerprint density at radius 3 is 2.42 bits per heavy atom. The van der Waals surface area contributed by atoms with Gasteiger partial charge in [-0.25, -0.2) is 0 Å². The van der Waals surface area contributed by atoms with Gasteiger partial charge in [-0.05, 0) is 60.6 Å². The highest BCUT2D eigenvalue weighted by Crippen LogP contribution is 2.54. The van der Waals surface area contributed by atoms with Gasteiger partial charge in [0.15, 0.2) is 0 Å². The van der Waals surface area contributed by atoms with Crippen LogP contribution >= 0.6 is 23.2 Å². The van der Waals surface area contributed by atoms with Crippen LogP contribution in [0.25, 0.3) is 0 Å². The van der Waals surface area contributed by atoms with Crippen LogP contribution in [-0.4, -0.2) is 41.6 Å². The Balaban J connectivity index is 1.88. The SMILES string of the molecule is COC(=O)C[C@@]1(C)CC(c2cccc(Cl)c2)[C@@H](c2ccc(Cl)cc2)N(C(CO)C2CC2)C1=O. The van der Waals surface area contributed by atoms with Crippen molar-refractivity contribution in [3.05, 3.63) is 69.7 Å². The van der Waals surface area contributed by atoms with Crippen molar-refractivity contribution in [3.8, 4) is 0 Å². The number of halogens is 2. The number of carbonyl (C=O) groups is 2. The van der Waals surface area contributed by atoms with Gasteiger partial charge in [0.05, 0.1) is 37.6 Å². The molecule has 33 heavy (non-hydrogen) atoms. The second-order valence-electron chi connectivity index (χ2n) is 9.48. The fraction of sp³-hybridized carbons (Fsp3) is 0.462. The Morgan fingerprint density at radius 2 is 1.85 bits per heavy atom. The molecule has 0 spiro atoms. The molecule has 1 heterocycles. The molecule has 0 bridgehead atoms. The van der Waals surface area contributed by atoms with Gasteiger partial charge < -0.3 is 14.7 Å². The van der Waals surface area contributed by atoms with E-state index in [0.717, 1.165) is 24.0 Å². The van der Waals surface area contributed by atoms with Crippen molar-refractivity contribution in [3.63, 3.8) is 0 Å². The van der Waals surface area contributed by atoms with Gasteiger partial charge in [0.2, 0.25) is 5.91 Å². The Kier molecular flexibility index (Phi) is 7.04. The summed E-state index contributed by atoms with van der Waals surface area (Å²) in [6, 6.07) is 14.5. The largest absolute Gasteiger partial charge is 0.469 e. The van der Waals surface area contributed by atoms with E-state index in [4.69, 9.17) is 27.9 Å². The minimum absolute atomic E-state index is 0.0218. The molecule has 2 unspecified atom stereocenters. The number of benzene rings is 2. The van der Waals surface area contributed by atoms with Gasteiger partial charge in [-0.3, -0.25) is 9.59 Å². The van der Waals surface area contributed by atoms with Crippen LogP contribution in [0.4, 0.5) is 0 Å². The number of rotatable bonds is 7. The first-order valence-corrected chi connectivity index (χ1v) is 12.0. The lowest BCUT2D eigenvalue weighted by molar-refractivity contribution is -0.163. The predicted octanol–water partition coefficient (Wildman–Crippen LogP) is 5.39. The van der Waals surface area contributed by atoms with E-state index in [1.165, 1.54) is 7.11 Å². The lowest BCUT2D eigenvalue weighted by Gasteiger charge is -2.52. The number of likely N-dealkylation sites (tertiary alicyclic amines) is 1. The molecule has 176 valence electrons. The third kappa shape index (κ3) is 4.91. The molecular weight excluding hydrogens is 461 g/mol. The summed E-state index contributed by atoms with van der Waals surface area (Å²) in [7, 11) is 1.34. The Labute approximate surface area is 204 Å². The van der Waals surface area contributed by atoms with E-state index in [0.29, 0.717) is 16.5 Å². The van der Waals surface area contributed by atoms with E-state index in [2.05, 4.69) is 0 Å². The number of carbonyl (C=O) groups excluding carboxylic acids is 2. The molecule has 1 saturated carbocycles. The highest BCUT2D eigenvalue weighted by molar-refractivity contribution is 6.30. The first-order valence-electron chi connectivity index (χ1n) is 11.3. The monoisotopic (exact) mass is 489 g/mol. The Bertz CT molecular complexity index is 1020. The maximum Gasteiger partial charge on any atom is 0.306 e. The zero-order chi connectivity index (χ0) is 23.8. The second kappa shape index (κ2) is 9.65. The molecule has 2 fully saturated rings. The van der Waals surface area contributed by atoms with Gasteiger partial charge in [0.25, 0.3) is 0 Å². The van der Waals surface area contributed by atoms with Crippen molar-refractivity contribution in [2.45, 2.75) is 50.6 Å². The number of aliphatic hydroxyl groups excluding tert-OH is 1. The molecule has 4 rings (SSSR count). The Hall–Kier alpha value is -2.08. The molecule has 0 radical (unpaired) electrons. The van der Waals surface area contributed by atoms with E-state index in [-0.39, 0.29) is 42.9 Å². The fourth-order valence-electron chi connectivity index (χ4n) is 5.25. The first kappa shape index (κ1) is 24.1. The van der Waals surface area contributed by atoms with Crippen LogP contribution in [0.5, 0.6) is 0 Å². The third-order valence-corrected chi connectivity index (χ3v) is 7.55. The number of methoxy groups -OCH3 is 1. The van der Waals surface area contributed by atoms with Crippen LogP contribution in [0.1, 0.15) is 55.7 Å². The van der Waals surface area contributed by atoms with Crippen molar-refractivity contribution < 1.29 is 19.4 Å². The second-order valence-corrected chi connectivity index (χ2v) is 10.3. The number of ether oxygens (including phenoxy) is 1. The number of hydrogen-bond donors (Lipinski definition) is 1. The van der Waals surface area contributed by atoms with E-state index in [1.54, 1.807) is 0 Å². The summed E-state index contributed by atoms with van der Waals surface area (Å²) < 4.78 is 4.94. The van der Waals surface area contributed by atoms with Gasteiger partial charge in [0.1, 0.15) is 0 Å². The van der Waals surface area contributed by atoms with E-state index >= 15 is 0 Å². The average molecular weight is 490 g/mol. The maximum atomic E-state index is 14.1. The zero-order valence-corrected chi connectivity index (χ0v) is 20.4. The molecule has 2 aromatic carbocycles. The molecule has 4 atom stereocenters. The molecule has 1 N–H and O–H groups in total. The summed E-state index contributed by atoms with van der Waals surface area (Å²) in [5.74, 6) is -0.441. The standard InChI is InChI=1S/C26H29Cl2NO4/c1-26(14-23(31)33-2)13-21(18-4-3-5-20(28)12-18)24(17-8-10-19(27)11-9-17)29(25(26)32)22(15-30)16-6-7-16/h3-5,8-12,16,21-22,24,30H,6-7,13-15H2,1-2H3/t21?,22?,24-,26-/m1/s1. The summed E-state index contributed by atoms with van der Waals surface area (Å²) in [5, 5.41) is 11.6. The molecular formula is C26H29Cl2NO4. The van der Waals surface area contributed by atoms with Crippen molar-refractivity contribution in [2.75, 3.05) is 13.7 Å². The van der Waals surface area contributed by atoms with Crippen LogP contribution in [0.2, 0.25) is 10.0 Å². The smallest absolute Gasteiger partial charge is 0.306 e. The first-order chi connectivity index (χ1) is 15.8. The molecule has 1 aliphatic carbocycles. The molecule has 2 aromatic rings. The lowest BCUT2D eigenvalue weighted by Crippen LogP contribution is -2.57. The minimum atomic E-state index is -0.967. The summed E-state index contributed by atoms with van der Waals surface area (Å²) >= 11 is 12.5. The molecule has 0 aromatic heterocycles. The zero-order valence-electron chi connectivity index (χ0n) is 18.8. The highest BCUT2D eigenvalue weighted by Gasteiger charge is 2.54. The predicted molar refractivity (Wildman–Crippen MR) is 128 cm³/mol. The van der Waals surface area contributed by atoms with Crippen molar-refractivity contribution in [1.82, 2.24) is 4.90 Å². The van der Waals surface area contributed by atoms with Crippen molar-refractivity contribution >= 4 is 35.1 Å². The van der Waals surface area contributed by atoms with Gasteiger partial charge in [-0.2, -0.15) is 0 Å². The van der Waals surface area contributed by atoms with Gasteiger partial charge in [-0.15, -0.1) is 0 Å². The van der Waals surface area contributed by atoms with Gasteiger partial charge in [0, 0.05) is 16.0 Å². The van der Waals surface area contributed by atoms with Crippen molar-refractivity contribution in [2.24, 2.45) is 11.3 Å². The number of piperidine rings is 1. The number of hydrogen-bond acceptors (Lipinski definition) is 4. The molecule has 2 aliphatic rings. The molecule has 1 amide bonds. The van der Waals surface area contributed by atoms with E-state index in [1.807, 2.05) is 60.4 Å². The van der Waals surface area contributed by atoms with Crippen LogP contribution in [0, 0.1) is 11.3 Å². The quantitative estimate of drug-likeness (QED) is 0.529. The van der Waals surface area contributed by atoms with Crippen LogP contribution in [-0.2, 0) is 14.3 Å². The Morgan fingerprint density at radius 1 is 1.15 bits per heavy atom. The minimum Gasteiger partial charge on any atom is -0.469 e. The molecule has 1 saturated heterocycles. The fourth-order valence-corrected chi connectivity index (χ4v) is 5.57. The summed E-state index contributed by atoms with van der Waals surface area (Å²) in [4.78, 5) is 28.3. The lowest BCUT2D eigenvalue weighted by atomic mass is 9.67. The number of nitrogens with zero attached hydrogens (tertiary/aromatic N) is 1. The van der Waals surface area contributed by atoms with Crippen LogP contribution in [0.15, 0.2) is 48.5 Å². The van der Waals surface area contributed by atoms with Gasteiger partial charge >= 0.3 is 5.97 Å². The molecule has 1 aliphatic heterocycles. The average Bonchev–Trinajstić information content (AvgIpc) is 3.63. The van der Waals surface area contributed by atoms with Crippen molar-refractivity contribution in [1.29, 1.82) is 0 Å². The summed E-state index contributed by atoms with van der Waals surface area (Å²) in [5.41, 5.74) is 0.964. The highest BCUT2D eigenvalue weighted by atomic mass is 35.5. The third-order valence-electron chi connectivity index (χ3n) is 7.06. The summed E-state index contributed by atoms with van der Waals surface area (Å²) in [6.07, 6.45) is 2.37. The topological polar surface area (TPSA) is 66.8 Å². The molecule has 7 heteroatoms. The summed E-state index contributed by atoms with van der Waals surface area (Å²) in [6.45, 7) is 1.70. The van der Waals surface area contributed by atoms with Crippen LogP contribution in [0.3, 0.4) is 0 Å². The van der Waals surface area contributed by atoms with E-state index in [9.17, 15) is 14.7 Å². The van der Waals surface area contributed by atoms with Gasteiger partial charge in [-0.1, -0.05) is 54.4 Å².